The van der Waals surface area contributed by atoms with Crippen LogP contribution >= 0.6 is 0 Å². The number of esters is 1. The Labute approximate surface area is 167 Å². The zero-order valence-electron chi connectivity index (χ0n) is 16.0. The smallest absolute Gasteiger partial charge is 0.321 e. The molecule has 0 spiro atoms. The van der Waals surface area contributed by atoms with Crippen molar-refractivity contribution in [3.8, 4) is 0 Å². The Morgan fingerprint density at radius 1 is 1.17 bits per heavy atom. The average Bonchev–Trinajstić information content (AvgIpc) is 3.19. The SMILES string of the molecule is O=C(COC(=O)CCCc1nc2ccccc2c(=O)[nH]1)NC(=O)NC1CCCC1. The van der Waals surface area contributed by atoms with Crippen molar-refractivity contribution in [2.75, 3.05) is 6.61 Å². The normalized spacial score (nSPS) is 13.9. The zero-order chi connectivity index (χ0) is 20.6. The number of nitrogens with zero attached hydrogens (tertiary/aromatic N) is 1. The number of urea groups is 1. The number of amides is 3. The van der Waals surface area contributed by atoms with Crippen LogP contribution in [0.2, 0.25) is 0 Å². The summed E-state index contributed by atoms with van der Waals surface area (Å²) >= 11 is 0. The van der Waals surface area contributed by atoms with Crippen molar-refractivity contribution in [2.45, 2.75) is 51.0 Å². The van der Waals surface area contributed by atoms with Crippen LogP contribution in [0.25, 0.3) is 10.9 Å². The van der Waals surface area contributed by atoms with Gasteiger partial charge in [0.05, 0.1) is 10.9 Å². The van der Waals surface area contributed by atoms with Gasteiger partial charge in [0, 0.05) is 18.9 Å². The lowest BCUT2D eigenvalue weighted by atomic mass is 10.2. The third kappa shape index (κ3) is 6.13. The van der Waals surface area contributed by atoms with Crippen molar-refractivity contribution in [3.05, 3.63) is 40.4 Å². The summed E-state index contributed by atoms with van der Waals surface area (Å²) < 4.78 is 4.88. The lowest BCUT2D eigenvalue weighted by Crippen LogP contribution is -2.44. The van der Waals surface area contributed by atoms with E-state index in [2.05, 4.69) is 20.6 Å². The Kier molecular flexibility index (Phi) is 6.94. The predicted octanol–water partition coefficient (Wildman–Crippen LogP) is 1.56. The topological polar surface area (TPSA) is 130 Å². The van der Waals surface area contributed by atoms with Crippen molar-refractivity contribution in [3.63, 3.8) is 0 Å². The summed E-state index contributed by atoms with van der Waals surface area (Å²) in [7, 11) is 0. The molecular formula is C20H24N4O5. The van der Waals surface area contributed by atoms with Crippen LogP contribution in [0.5, 0.6) is 0 Å². The van der Waals surface area contributed by atoms with Crippen LogP contribution in [-0.2, 0) is 20.7 Å². The molecule has 2 aromatic rings. The van der Waals surface area contributed by atoms with Crippen molar-refractivity contribution >= 4 is 28.8 Å². The van der Waals surface area contributed by atoms with Gasteiger partial charge in [0.2, 0.25) is 0 Å². The Balaban J connectivity index is 1.36. The van der Waals surface area contributed by atoms with E-state index in [1.165, 1.54) is 0 Å². The Bertz CT molecular complexity index is 949. The maximum absolute atomic E-state index is 12.0. The van der Waals surface area contributed by atoms with E-state index in [1.54, 1.807) is 24.3 Å². The molecule has 1 heterocycles. The summed E-state index contributed by atoms with van der Waals surface area (Å²) in [4.78, 5) is 54.2. The second-order valence-electron chi connectivity index (χ2n) is 7.05. The van der Waals surface area contributed by atoms with Crippen LogP contribution in [0.3, 0.4) is 0 Å². The number of carbonyl (C=O) groups is 3. The molecule has 3 N–H and O–H groups in total. The van der Waals surface area contributed by atoms with E-state index in [1.807, 2.05) is 0 Å². The number of nitrogens with one attached hydrogen (secondary N) is 3. The molecule has 1 aromatic heterocycles. The zero-order valence-corrected chi connectivity index (χ0v) is 16.0. The quantitative estimate of drug-likeness (QED) is 0.605. The van der Waals surface area contributed by atoms with Crippen LogP contribution in [0.4, 0.5) is 4.79 Å². The summed E-state index contributed by atoms with van der Waals surface area (Å²) in [6, 6.07) is 6.55. The van der Waals surface area contributed by atoms with Gasteiger partial charge in [0.1, 0.15) is 5.82 Å². The second-order valence-corrected chi connectivity index (χ2v) is 7.05. The Hall–Kier alpha value is -3.23. The molecule has 0 unspecified atom stereocenters. The van der Waals surface area contributed by atoms with E-state index in [0.29, 0.717) is 29.6 Å². The molecule has 9 heteroatoms. The van der Waals surface area contributed by atoms with Crippen molar-refractivity contribution in [2.24, 2.45) is 0 Å². The van der Waals surface area contributed by atoms with Crippen molar-refractivity contribution in [1.29, 1.82) is 0 Å². The van der Waals surface area contributed by atoms with Crippen LogP contribution in [0, 0.1) is 0 Å². The fourth-order valence-corrected chi connectivity index (χ4v) is 3.33. The Morgan fingerprint density at radius 3 is 2.72 bits per heavy atom. The molecule has 1 aromatic carbocycles. The largest absolute Gasteiger partial charge is 0.456 e. The van der Waals surface area contributed by atoms with Crippen LogP contribution in [-0.4, -0.2) is 40.5 Å². The third-order valence-electron chi connectivity index (χ3n) is 4.76. The third-order valence-corrected chi connectivity index (χ3v) is 4.76. The highest BCUT2D eigenvalue weighted by Gasteiger charge is 2.18. The van der Waals surface area contributed by atoms with Gasteiger partial charge in [-0.1, -0.05) is 25.0 Å². The van der Waals surface area contributed by atoms with Gasteiger partial charge in [0.25, 0.3) is 11.5 Å². The van der Waals surface area contributed by atoms with E-state index in [4.69, 9.17) is 4.74 Å². The highest BCUT2D eigenvalue weighted by molar-refractivity contribution is 5.95. The van der Waals surface area contributed by atoms with Gasteiger partial charge in [-0.2, -0.15) is 0 Å². The Morgan fingerprint density at radius 2 is 1.93 bits per heavy atom. The number of carbonyl (C=O) groups excluding carboxylic acids is 3. The lowest BCUT2D eigenvalue weighted by Gasteiger charge is -2.12. The van der Waals surface area contributed by atoms with Gasteiger partial charge in [-0.3, -0.25) is 19.7 Å². The molecule has 0 atom stereocenters. The maximum atomic E-state index is 12.0. The van der Waals surface area contributed by atoms with Gasteiger partial charge in [-0.15, -0.1) is 0 Å². The predicted molar refractivity (Wildman–Crippen MR) is 105 cm³/mol. The fourth-order valence-electron chi connectivity index (χ4n) is 3.33. The number of aromatic nitrogens is 2. The van der Waals surface area contributed by atoms with Crippen LogP contribution < -0.4 is 16.2 Å². The number of aromatic amines is 1. The first-order valence-corrected chi connectivity index (χ1v) is 9.75. The molecule has 0 aliphatic heterocycles. The number of benzene rings is 1. The summed E-state index contributed by atoms with van der Waals surface area (Å²) in [5, 5.41) is 5.38. The minimum absolute atomic E-state index is 0.0675. The number of ether oxygens (including phenoxy) is 1. The molecule has 9 nitrogen and oxygen atoms in total. The average molecular weight is 400 g/mol. The van der Waals surface area contributed by atoms with E-state index in [9.17, 15) is 19.2 Å². The van der Waals surface area contributed by atoms with E-state index in [0.717, 1.165) is 25.7 Å². The first kappa shape index (κ1) is 20.5. The summed E-state index contributed by atoms with van der Waals surface area (Å²) in [5.74, 6) is -0.739. The summed E-state index contributed by atoms with van der Waals surface area (Å²) in [6.07, 6.45) is 4.83. The lowest BCUT2D eigenvalue weighted by molar-refractivity contribution is -0.148. The maximum Gasteiger partial charge on any atom is 0.321 e. The van der Waals surface area contributed by atoms with Crippen LogP contribution in [0.15, 0.2) is 29.1 Å². The number of H-pyrrole nitrogens is 1. The number of hydrogen-bond acceptors (Lipinski definition) is 6. The van der Waals surface area contributed by atoms with Crippen molar-refractivity contribution < 1.29 is 19.1 Å². The monoisotopic (exact) mass is 400 g/mol. The highest BCUT2D eigenvalue weighted by atomic mass is 16.5. The summed E-state index contributed by atoms with van der Waals surface area (Å²) in [5.41, 5.74) is 0.377. The fraction of sp³-hybridized carbons (Fsp3) is 0.450. The number of imide groups is 1. The molecule has 0 saturated heterocycles. The number of fused-ring (bicyclic) bond motifs is 1. The minimum Gasteiger partial charge on any atom is -0.456 e. The molecule has 29 heavy (non-hydrogen) atoms. The van der Waals surface area contributed by atoms with Crippen molar-refractivity contribution in [1.82, 2.24) is 20.6 Å². The van der Waals surface area contributed by atoms with Gasteiger partial charge < -0.3 is 15.0 Å². The van der Waals surface area contributed by atoms with Gasteiger partial charge in [-0.05, 0) is 31.4 Å². The molecule has 0 radical (unpaired) electrons. The first-order chi connectivity index (χ1) is 14.0. The molecule has 1 saturated carbocycles. The van der Waals surface area contributed by atoms with E-state index < -0.39 is 24.5 Å². The number of para-hydroxylation sites is 1. The molecule has 1 aliphatic carbocycles. The number of aryl methyl sites for hydroxylation is 1. The van der Waals surface area contributed by atoms with Crippen LogP contribution in [0.1, 0.15) is 44.3 Å². The molecular weight excluding hydrogens is 376 g/mol. The molecule has 154 valence electrons. The molecule has 0 bridgehead atoms. The number of hydrogen-bond donors (Lipinski definition) is 3. The first-order valence-electron chi connectivity index (χ1n) is 9.75. The number of rotatable bonds is 7. The standard InChI is InChI=1S/C20H24N4O5/c25-17(24-20(28)21-13-6-1-2-7-13)12-29-18(26)11-5-10-16-22-15-9-4-3-8-14(15)19(27)23-16/h3-4,8-9,13H,1-2,5-7,10-12H2,(H,22,23,27)(H2,21,24,25,28). The highest BCUT2D eigenvalue weighted by Crippen LogP contribution is 2.17. The van der Waals surface area contributed by atoms with Gasteiger partial charge in [0.15, 0.2) is 6.61 Å². The molecule has 3 rings (SSSR count). The second kappa shape index (κ2) is 9.81. The minimum atomic E-state index is -0.672. The van der Waals surface area contributed by atoms with Gasteiger partial charge in [-0.25, -0.2) is 9.78 Å². The molecule has 3 amide bonds. The molecule has 1 fully saturated rings. The van der Waals surface area contributed by atoms with E-state index in [-0.39, 0.29) is 18.0 Å². The summed E-state index contributed by atoms with van der Waals surface area (Å²) in [6.45, 7) is -0.512. The van der Waals surface area contributed by atoms with E-state index >= 15 is 0 Å². The van der Waals surface area contributed by atoms with Gasteiger partial charge >= 0.3 is 12.0 Å². The molecule has 1 aliphatic rings.